The van der Waals surface area contributed by atoms with Gasteiger partial charge in [0.2, 0.25) is 0 Å². The topological polar surface area (TPSA) is 0 Å². The molecule has 0 spiro atoms. The van der Waals surface area contributed by atoms with Gasteiger partial charge in [-0.2, -0.15) is 0 Å². The lowest BCUT2D eigenvalue weighted by molar-refractivity contribution is 0.252. The summed E-state index contributed by atoms with van der Waals surface area (Å²) in [5.41, 5.74) is 1.49. The average molecular weight is 229 g/mol. The summed E-state index contributed by atoms with van der Waals surface area (Å²) in [5.74, 6) is 2.04. The van der Waals surface area contributed by atoms with Gasteiger partial charge in [0.25, 0.3) is 0 Å². The quantitative estimate of drug-likeness (QED) is 0.664. The Balaban J connectivity index is 1.68. The molecule has 1 fully saturated rings. The Morgan fingerprint density at radius 3 is 2.18 bits per heavy atom. The molecule has 0 heteroatoms. The molecule has 93 valence electrons. The molecule has 1 aromatic carbocycles. The van der Waals surface area contributed by atoms with Crippen molar-refractivity contribution in [2.75, 3.05) is 0 Å². The minimum atomic E-state index is 0.993. The van der Waals surface area contributed by atoms with Crippen molar-refractivity contribution in [3.63, 3.8) is 0 Å². The van der Waals surface area contributed by atoms with Crippen molar-refractivity contribution in [2.24, 2.45) is 11.8 Å². The molecule has 1 saturated carbocycles. The van der Waals surface area contributed by atoms with Gasteiger partial charge in [0.15, 0.2) is 0 Å². The normalized spacial score (nSPS) is 24.8. The second-order valence-electron chi connectivity index (χ2n) is 5.62. The van der Waals surface area contributed by atoms with E-state index in [-0.39, 0.29) is 0 Å². The van der Waals surface area contributed by atoms with Crippen molar-refractivity contribution in [2.45, 2.75) is 58.3 Å². The van der Waals surface area contributed by atoms with Crippen LogP contribution in [0.15, 0.2) is 24.3 Å². The van der Waals surface area contributed by atoms with Crippen molar-refractivity contribution in [3.05, 3.63) is 35.9 Å². The van der Waals surface area contributed by atoms with E-state index in [1.54, 1.807) is 0 Å². The Morgan fingerprint density at radius 2 is 1.59 bits per heavy atom. The van der Waals surface area contributed by atoms with E-state index in [1.807, 2.05) is 12.1 Å². The first-order chi connectivity index (χ1) is 8.38. The van der Waals surface area contributed by atoms with E-state index < -0.39 is 0 Å². The number of hydrogen-bond acceptors (Lipinski definition) is 0. The molecule has 0 unspecified atom stereocenters. The Hall–Kier alpha value is -0.780. The molecule has 0 nitrogen and oxygen atoms in total. The van der Waals surface area contributed by atoms with Gasteiger partial charge in [-0.05, 0) is 36.3 Å². The summed E-state index contributed by atoms with van der Waals surface area (Å²) in [6.45, 7) is 2.32. The van der Waals surface area contributed by atoms with Crippen LogP contribution >= 0.6 is 0 Å². The molecule has 17 heavy (non-hydrogen) atoms. The smallest absolute Gasteiger partial charge is 0.0184 e. The summed E-state index contributed by atoms with van der Waals surface area (Å²) < 4.78 is 0. The first kappa shape index (κ1) is 12.7. The van der Waals surface area contributed by atoms with Crippen LogP contribution < -0.4 is 0 Å². The fraction of sp³-hybridized carbons (Fsp3) is 0.647. The molecule has 1 aliphatic rings. The first-order valence-electron chi connectivity index (χ1n) is 7.33. The third-order valence-electron chi connectivity index (χ3n) is 4.29. The lowest BCUT2D eigenvalue weighted by Crippen LogP contribution is -2.15. The minimum Gasteiger partial charge on any atom is -0.0654 e. The standard InChI is InChI=1S/C17H25/c1-2-6-15-9-12-17(13-10-15)14-11-16-7-4-3-5-8-16/h4-5,7-8,15,17H,2,6,9-14H2,1H3/t15-,17-. The highest BCUT2D eigenvalue weighted by Crippen LogP contribution is 2.33. The summed E-state index contributed by atoms with van der Waals surface area (Å²) in [7, 11) is 0. The number of benzene rings is 1. The van der Waals surface area contributed by atoms with Gasteiger partial charge in [-0.15, -0.1) is 0 Å². The van der Waals surface area contributed by atoms with Crippen molar-refractivity contribution >= 4 is 0 Å². The highest BCUT2D eigenvalue weighted by atomic mass is 14.3. The van der Waals surface area contributed by atoms with Gasteiger partial charge in [-0.25, -0.2) is 0 Å². The highest BCUT2D eigenvalue weighted by Gasteiger charge is 2.20. The molecule has 0 aliphatic heterocycles. The number of rotatable bonds is 5. The van der Waals surface area contributed by atoms with E-state index in [0.29, 0.717) is 0 Å². The molecule has 0 heterocycles. The second-order valence-corrected chi connectivity index (χ2v) is 5.62. The van der Waals surface area contributed by atoms with E-state index in [4.69, 9.17) is 0 Å². The van der Waals surface area contributed by atoms with E-state index in [9.17, 15) is 0 Å². The number of aryl methyl sites for hydroxylation is 1. The summed E-state index contributed by atoms with van der Waals surface area (Å²) in [6.07, 6.45) is 11.4. The van der Waals surface area contributed by atoms with Crippen molar-refractivity contribution in [3.8, 4) is 0 Å². The van der Waals surface area contributed by atoms with Gasteiger partial charge >= 0.3 is 0 Å². The van der Waals surface area contributed by atoms with Crippen LogP contribution in [0.4, 0.5) is 0 Å². The molecular formula is C17H25. The van der Waals surface area contributed by atoms with Gasteiger partial charge in [0.1, 0.15) is 0 Å². The minimum absolute atomic E-state index is 0.993. The number of hydrogen-bond donors (Lipinski definition) is 0. The molecule has 1 radical (unpaired) electrons. The van der Waals surface area contributed by atoms with E-state index in [1.165, 1.54) is 56.9 Å². The lowest BCUT2D eigenvalue weighted by atomic mass is 9.78. The van der Waals surface area contributed by atoms with Gasteiger partial charge < -0.3 is 0 Å². The predicted octanol–water partition coefficient (Wildman–Crippen LogP) is 5.03. The SMILES string of the molecule is CCC[C@H]1CC[C@H](CCc2cc[c]cc2)CC1. The first-order valence-corrected chi connectivity index (χ1v) is 7.33. The molecule has 0 atom stereocenters. The monoisotopic (exact) mass is 229 g/mol. The van der Waals surface area contributed by atoms with E-state index >= 15 is 0 Å². The van der Waals surface area contributed by atoms with Crippen molar-refractivity contribution in [1.82, 2.24) is 0 Å². The fourth-order valence-electron chi connectivity index (χ4n) is 3.18. The van der Waals surface area contributed by atoms with Crippen LogP contribution in [-0.2, 0) is 6.42 Å². The lowest BCUT2D eigenvalue weighted by Gasteiger charge is -2.28. The largest absolute Gasteiger partial charge is 0.0654 e. The molecule has 0 bridgehead atoms. The van der Waals surface area contributed by atoms with Crippen LogP contribution in [0.25, 0.3) is 0 Å². The predicted molar refractivity (Wildman–Crippen MR) is 74.0 cm³/mol. The Bertz CT molecular complexity index is 293. The average Bonchev–Trinajstić information content (AvgIpc) is 2.40. The molecule has 0 N–H and O–H groups in total. The second kappa shape index (κ2) is 6.83. The van der Waals surface area contributed by atoms with Crippen LogP contribution in [0, 0.1) is 17.9 Å². The molecule has 0 amide bonds. The van der Waals surface area contributed by atoms with Crippen LogP contribution in [0.1, 0.15) is 57.4 Å². The third kappa shape index (κ3) is 4.18. The zero-order valence-corrected chi connectivity index (χ0v) is 11.1. The van der Waals surface area contributed by atoms with Crippen molar-refractivity contribution < 1.29 is 0 Å². The third-order valence-corrected chi connectivity index (χ3v) is 4.29. The maximum atomic E-state index is 3.09. The highest BCUT2D eigenvalue weighted by molar-refractivity contribution is 5.13. The van der Waals surface area contributed by atoms with Gasteiger partial charge in [-0.1, -0.05) is 69.7 Å². The Morgan fingerprint density at radius 1 is 1.00 bits per heavy atom. The molecule has 2 rings (SSSR count). The molecular weight excluding hydrogens is 204 g/mol. The van der Waals surface area contributed by atoms with Gasteiger partial charge in [0, 0.05) is 0 Å². The zero-order valence-electron chi connectivity index (χ0n) is 11.1. The van der Waals surface area contributed by atoms with Crippen LogP contribution in [0.3, 0.4) is 0 Å². The van der Waals surface area contributed by atoms with Crippen LogP contribution in [-0.4, -0.2) is 0 Å². The van der Waals surface area contributed by atoms with E-state index in [2.05, 4.69) is 25.1 Å². The zero-order chi connectivity index (χ0) is 11.9. The molecule has 0 saturated heterocycles. The van der Waals surface area contributed by atoms with Crippen LogP contribution in [0.2, 0.25) is 0 Å². The Labute approximate surface area is 106 Å². The van der Waals surface area contributed by atoms with Gasteiger partial charge in [-0.3, -0.25) is 0 Å². The summed E-state index contributed by atoms with van der Waals surface area (Å²) in [5, 5.41) is 0. The maximum Gasteiger partial charge on any atom is -0.0184 e. The summed E-state index contributed by atoms with van der Waals surface area (Å²) >= 11 is 0. The Kier molecular flexibility index (Phi) is 5.09. The maximum absolute atomic E-state index is 3.09. The van der Waals surface area contributed by atoms with Crippen LogP contribution in [0.5, 0.6) is 0 Å². The molecule has 1 aromatic rings. The van der Waals surface area contributed by atoms with Gasteiger partial charge in [0.05, 0.1) is 0 Å². The fourth-order valence-corrected chi connectivity index (χ4v) is 3.18. The van der Waals surface area contributed by atoms with E-state index in [0.717, 1.165) is 11.8 Å². The summed E-state index contributed by atoms with van der Waals surface area (Å²) in [6, 6.07) is 11.6. The molecule has 0 aromatic heterocycles. The van der Waals surface area contributed by atoms with Crippen molar-refractivity contribution in [1.29, 1.82) is 0 Å². The molecule has 1 aliphatic carbocycles. The summed E-state index contributed by atoms with van der Waals surface area (Å²) in [4.78, 5) is 0.